The summed E-state index contributed by atoms with van der Waals surface area (Å²) in [5, 5.41) is 18.9. The lowest BCUT2D eigenvalue weighted by atomic mass is 10.0. The Morgan fingerprint density at radius 2 is 1.87 bits per heavy atom. The topological polar surface area (TPSA) is 179 Å². The molecule has 3 amide bonds. The monoisotopic (exact) mass is 839 g/mol. The fraction of sp³-hybridized carbons (Fsp3) is 0.538. The predicted molar refractivity (Wildman–Crippen MR) is 207 cm³/mol. The van der Waals surface area contributed by atoms with Crippen LogP contribution in [0.5, 0.6) is 16.7 Å². The van der Waals surface area contributed by atoms with Crippen molar-refractivity contribution >= 4 is 62.0 Å². The molecule has 4 heterocycles. The summed E-state index contributed by atoms with van der Waals surface area (Å²) in [4.78, 5) is 65.4. The Morgan fingerprint density at radius 3 is 2.64 bits per heavy atom. The number of allylic oxidation sites excluding steroid dienone is 1. The lowest BCUT2D eigenvalue weighted by Crippen LogP contribution is -2.56. The zero-order valence-corrected chi connectivity index (χ0v) is 33.3. The minimum absolute atomic E-state index is 0.0117. The van der Waals surface area contributed by atoms with Crippen LogP contribution in [-0.4, -0.2) is 93.9 Å². The Hall–Kier alpha value is -4.44. The van der Waals surface area contributed by atoms with Gasteiger partial charge in [-0.05, 0) is 86.4 Å². The lowest BCUT2D eigenvalue weighted by Gasteiger charge is -2.29. The number of benzene rings is 1. The van der Waals surface area contributed by atoms with Crippen molar-refractivity contribution < 1.29 is 43.2 Å². The number of amides is 3. The van der Waals surface area contributed by atoms with Crippen molar-refractivity contribution in [1.82, 2.24) is 25.5 Å². The van der Waals surface area contributed by atoms with Gasteiger partial charge in [0.1, 0.15) is 47.0 Å². The predicted octanol–water partition coefficient (Wildman–Crippen LogP) is 6.39. The molecule has 5 atom stereocenters. The Balaban J connectivity index is 1.22. The molecule has 14 nitrogen and oxygen atoms in total. The molecular weight excluding hydrogens is 794 g/mol. The van der Waals surface area contributed by atoms with Crippen LogP contribution in [0.4, 0.5) is 4.79 Å². The molecule has 1 aromatic carbocycles. The van der Waals surface area contributed by atoms with Crippen molar-refractivity contribution in [2.45, 2.75) is 107 Å². The molecule has 2 saturated carbocycles. The number of carboxylic acid groups (broad SMARTS) is 1. The van der Waals surface area contributed by atoms with Crippen LogP contribution >= 0.6 is 27.3 Å². The number of carbonyl (C=O) groups excluding carboxylic acids is 3. The second kappa shape index (κ2) is 16.7. The normalized spacial score (nSPS) is 26.6. The van der Waals surface area contributed by atoms with Crippen molar-refractivity contribution in [3.8, 4) is 28.1 Å². The third-order valence-corrected chi connectivity index (χ3v) is 12.4. The van der Waals surface area contributed by atoms with E-state index in [1.807, 2.05) is 30.5 Å². The maximum absolute atomic E-state index is 14.6. The molecular formula is C39H46BrN5O9S. The highest BCUT2D eigenvalue weighted by molar-refractivity contribution is 9.10. The molecule has 3 aromatic rings. The van der Waals surface area contributed by atoms with Crippen LogP contribution in [0.3, 0.4) is 0 Å². The molecule has 0 unspecified atom stereocenters. The molecule has 2 aromatic heterocycles. The van der Waals surface area contributed by atoms with Crippen molar-refractivity contribution in [1.29, 1.82) is 0 Å². The molecule has 7 rings (SSSR count). The average molecular weight is 841 g/mol. The summed E-state index contributed by atoms with van der Waals surface area (Å²) in [7, 11) is 1.56. The van der Waals surface area contributed by atoms with Crippen LogP contribution in [0.15, 0.2) is 40.2 Å². The Kier molecular flexibility index (Phi) is 11.8. The first-order valence-corrected chi connectivity index (χ1v) is 20.7. The smallest absolute Gasteiger partial charge is 0.408 e. The van der Waals surface area contributed by atoms with Crippen LogP contribution in [0.25, 0.3) is 22.3 Å². The molecule has 3 fully saturated rings. The first-order valence-electron chi connectivity index (χ1n) is 19.0. The fourth-order valence-electron chi connectivity index (χ4n) is 7.82. The summed E-state index contributed by atoms with van der Waals surface area (Å²) in [5.74, 6) is -1.50. The highest BCUT2D eigenvalue weighted by atomic mass is 79.9. The quantitative estimate of drug-likeness (QED) is 0.203. The first kappa shape index (κ1) is 38.8. The van der Waals surface area contributed by atoms with E-state index in [4.69, 9.17) is 23.9 Å². The van der Waals surface area contributed by atoms with Crippen LogP contribution in [0.1, 0.15) is 77.6 Å². The maximum Gasteiger partial charge on any atom is 0.408 e. The van der Waals surface area contributed by atoms with Gasteiger partial charge in [0.25, 0.3) is 5.19 Å². The third kappa shape index (κ3) is 8.39. The highest BCUT2D eigenvalue weighted by Crippen LogP contribution is 2.46. The van der Waals surface area contributed by atoms with Gasteiger partial charge in [0, 0.05) is 29.2 Å². The molecule has 55 heavy (non-hydrogen) atoms. The molecule has 16 heteroatoms. The van der Waals surface area contributed by atoms with Gasteiger partial charge in [0.2, 0.25) is 11.8 Å². The highest BCUT2D eigenvalue weighted by Gasteiger charge is 2.61. The van der Waals surface area contributed by atoms with Crippen LogP contribution in [-0.2, 0) is 19.1 Å². The van der Waals surface area contributed by atoms with E-state index in [2.05, 4.69) is 31.5 Å². The second-order valence-electron chi connectivity index (χ2n) is 14.5. The number of fused-ring (bicyclic) bond motifs is 3. The number of rotatable bonds is 9. The third-order valence-electron chi connectivity index (χ3n) is 10.9. The fourth-order valence-corrected chi connectivity index (χ4v) is 9.14. The molecule has 2 aliphatic carbocycles. The number of aliphatic carboxylic acids is 1. The molecule has 0 spiro atoms. The van der Waals surface area contributed by atoms with E-state index in [1.165, 1.54) is 16.2 Å². The number of methoxy groups -OCH3 is 1. The standard InChI is InChI=1S/C39H46BrN5O9S/c1-3-52-38-43-28(21-55-38)27-18-31(25-15-16-30(51-2)32(40)33(25)41-27)53-24-17-29-34(46)44-39(36(48)49)19-22(39)11-7-5-4-6-8-14-26(35(47)45(29)20-24)42-37(50)54-23-12-9-10-13-23/h7,11,15-16,18,21-24,26,29H,3-6,8-10,12-14,17,19-20H2,1-2H3,(H,42,50)(H,44,46)(H,48,49)/b11-7-/t22-,24-,26-,29+,39-/m1/s1. The minimum Gasteiger partial charge on any atom is -0.495 e. The van der Waals surface area contributed by atoms with E-state index in [-0.39, 0.29) is 31.4 Å². The average Bonchev–Trinajstić information content (AvgIpc) is 3.60. The molecule has 0 radical (unpaired) electrons. The summed E-state index contributed by atoms with van der Waals surface area (Å²) in [5.41, 5.74) is 0.191. The van der Waals surface area contributed by atoms with Gasteiger partial charge in [-0.25, -0.2) is 19.6 Å². The Bertz CT molecular complexity index is 1970. The van der Waals surface area contributed by atoms with Crippen molar-refractivity contribution in [3.63, 3.8) is 0 Å². The van der Waals surface area contributed by atoms with Crippen molar-refractivity contribution in [3.05, 3.63) is 40.2 Å². The summed E-state index contributed by atoms with van der Waals surface area (Å²) in [6, 6.07) is 3.38. The molecule has 294 valence electrons. The van der Waals surface area contributed by atoms with E-state index in [9.17, 15) is 24.3 Å². The van der Waals surface area contributed by atoms with E-state index in [0.29, 0.717) is 62.9 Å². The van der Waals surface area contributed by atoms with Gasteiger partial charge in [-0.15, -0.1) is 0 Å². The first-order chi connectivity index (χ1) is 26.6. The van der Waals surface area contributed by atoms with E-state index in [1.54, 1.807) is 19.2 Å². The second-order valence-corrected chi connectivity index (χ2v) is 16.2. The maximum atomic E-state index is 14.6. The van der Waals surface area contributed by atoms with Gasteiger partial charge in [-0.2, -0.15) is 0 Å². The number of thiazole rings is 1. The summed E-state index contributed by atoms with van der Waals surface area (Å²) < 4.78 is 24.2. The zero-order chi connectivity index (χ0) is 38.7. The summed E-state index contributed by atoms with van der Waals surface area (Å²) in [6.07, 6.45) is 9.57. The van der Waals surface area contributed by atoms with Gasteiger partial charge < -0.3 is 39.6 Å². The molecule has 2 aliphatic heterocycles. The number of aromatic nitrogens is 2. The van der Waals surface area contributed by atoms with Crippen LogP contribution in [0, 0.1) is 5.92 Å². The van der Waals surface area contributed by atoms with Gasteiger partial charge in [0.15, 0.2) is 0 Å². The number of hydrogen-bond donors (Lipinski definition) is 3. The Morgan fingerprint density at radius 1 is 1.07 bits per heavy atom. The van der Waals surface area contributed by atoms with E-state index >= 15 is 0 Å². The van der Waals surface area contributed by atoms with Gasteiger partial charge in [-0.3, -0.25) is 9.59 Å². The number of pyridine rings is 1. The SMILES string of the molecule is CCOc1nc(-c2cc(O[C@@H]3C[C@H]4C(=O)N[C@]5(C(=O)O)C[C@H]5/C=C\CCCCC[C@@H](NC(=O)OC5CCCC5)C(=O)N4C3)c3ccc(OC)c(Br)c3n2)cs1. The number of hydrogen-bond acceptors (Lipinski definition) is 11. The summed E-state index contributed by atoms with van der Waals surface area (Å²) >= 11 is 4.99. The van der Waals surface area contributed by atoms with Gasteiger partial charge in [0.05, 0.1) is 35.9 Å². The zero-order valence-electron chi connectivity index (χ0n) is 30.9. The van der Waals surface area contributed by atoms with Gasteiger partial charge >= 0.3 is 12.1 Å². The molecule has 0 bridgehead atoms. The van der Waals surface area contributed by atoms with Crippen molar-refractivity contribution in [2.75, 3.05) is 20.3 Å². The van der Waals surface area contributed by atoms with E-state index < -0.39 is 47.6 Å². The van der Waals surface area contributed by atoms with Crippen molar-refractivity contribution in [2.24, 2.45) is 5.92 Å². The number of nitrogens with one attached hydrogen (secondary N) is 2. The number of carboxylic acids is 1. The van der Waals surface area contributed by atoms with Crippen LogP contribution < -0.4 is 24.8 Å². The van der Waals surface area contributed by atoms with E-state index in [0.717, 1.165) is 44.9 Å². The number of carbonyl (C=O) groups is 4. The molecule has 3 N–H and O–H groups in total. The number of alkyl carbamates (subject to hydrolysis) is 1. The number of nitrogens with zero attached hydrogens (tertiary/aromatic N) is 3. The summed E-state index contributed by atoms with van der Waals surface area (Å²) in [6.45, 7) is 2.36. The number of ether oxygens (including phenoxy) is 4. The van der Waals surface area contributed by atoms with Gasteiger partial charge in [-0.1, -0.05) is 36.3 Å². The number of halogens is 1. The molecule has 1 saturated heterocycles. The van der Waals surface area contributed by atoms with Crippen LogP contribution in [0.2, 0.25) is 0 Å². The lowest BCUT2D eigenvalue weighted by molar-refractivity contribution is -0.145. The minimum atomic E-state index is -1.46. The Labute approximate surface area is 331 Å². The largest absolute Gasteiger partial charge is 0.495 e. The molecule has 4 aliphatic rings.